The monoisotopic (exact) mass is 149 g/mol. The van der Waals surface area contributed by atoms with Gasteiger partial charge in [0.05, 0.1) is 0 Å². The number of aryl methyl sites for hydroxylation is 1. The molecule has 1 nitrogen and oxygen atoms in total. The second-order valence-corrected chi connectivity index (χ2v) is 3.21. The molecule has 0 aromatic carbocycles. The van der Waals surface area contributed by atoms with E-state index >= 15 is 0 Å². The van der Waals surface area contributed by atoms with Crippen LogP contribution in [0.15, 0.2) is 24.5 Å². The third kappa shape index (κ3) is 4.54. The van der Waals surface area contributed by atoms with Gasteiger partial charge >= 0.3 is 0 Å². The molecule has 0 bridgehead atoms. The van der Waals surface area contributed by atoms with Gasteiger partial charge in [-0.3, -0.25) is 4.98 Å². The van der Waals surface area contributed by atoms with Crippen molar-refractivity contribution in [2.45, 2.75) is 26.7 Å². The molecular formula is C10H15N. The number of nitrogens with zero attached hydrogens (tertiary/aromatic N) is 1. The van der Waals surface area contributed by atoms with E-state index in [4.69, 9.17) is 0 Å². The zero-order chi connectivity index (χ0) is 8.10. The van der Waals surface area contributed by atoms with Gasteiger partial charge in [0.1, 0.15) is 0 Å². The number of rotatable bonds is 0. The van der Waals surface area contributed by atoms with Crippen LogP contribution < -0.4 is 0 Å². The summed E-state index contributed by atoms with van der Waals surface area (Å²) in [5.41, 5.74) is 1.26. The van der Waals surface area contributed by atoms with E-state index in [1.165, 1.54) is 18.4 Å². The molecular weight excluding hydrogens is 134 g/mol. The van der Waals surface area contributed by atoms with Crippen LogP contribution >= 0.6 is 0 Å². The van der Waals surface area contributed by atoms with Crippen LogP contribution in [0, 0.1) is 12.8 Å². The summed E-state index contributed by atoms with van der Waals surface area (Å²) in [6.07, 6.45) is 6.55. The number of aromatic nitrogens is 1. The highest BCUT2D eigenvalue weighted by atomic mass is 14.6. The molecule has 60 valence electrons. The molecule has 1 heterocycles. The maximum atomic E-state index is 3.85. The first-order valence-electron chi connectivity index (χ1n) is 4.15. The predicted octanol–water partition coefficient (Wildman–Crippen LogP) is 2.81. The van der Waals surface area contributed by atoms with E-state index in [1.54, 1.807) is 12.4 Å². The highest BCUT2D eigenvalue weighted by Gasteiger charge is 2.12. The average molecular weight is 149 g/mol. The minimum atomic E-state index is 1.08. The largest absolute Gasteiger partial charge is 0.265 e. The SMILES string of the molecule is CC1CC1.Cc1ccncc1. The van der Waals surface area contributed by atoms with Crippen molar-refractivity contribution in [1.29, 1.82) is 0 Å². The van der Waals surface area contributed by atoms with Crippen molar-refractivity contribution in [3.63, 3.8) is 0 Å². The van der Waals surface area contributed by atoms with Crippen LogP contribution in [-0.4, -0.2) is 4.98 Å². The molecule has 0 aliphatic heterocycles. The molecule has 1 heteroatoms. The topological polar surface area (TPSA) is 12.9 Å². The van der Waals surface area contributed by atoms with E-state index in [9.17, 15) is 0 Å². The first-order valence-corrected chi connectivity index (χ1v) is 4.15. The summed E-state index contributed by atoms with van der Waals surface area (Å²) < 4.78 is 0. The second kappa shape index (κ2) is 4.12. The van der Waals surface area contributed by atoms with Gasteiger partial charge in [-0.1, -0.05) is 19.8 Å². The molecule has 0 atom stereocenters. The van der Waals surface area contributed by atoms with Crippen LogP contribution in [0.2, 0.25) is 0 Å². The standard InChI is InChI=1S/C6H7N.C4H8/c1-6-2-4-7-5-3-6;1-4-2-3-4/h2-5H,1H3;4H,2-3H2,1H3. The Morgan fingerprint density at radius 3 is 1.91 bits per heavy atom. The molecule has 1 aliphatic carbocycles. The van der Waals surface area contributed by atoms with Gasteiger partial charge in [0.25, 0.3) is 0 Å². The van der Waals surface area contributed by atoms with Gasteiger partial charge in [-0.05, 0) is 30.5 Å². The smallest absolute Gasteiger partial charge is 0.0270 e. The van der Waals surface area contributed by atoms with Crippen molar-refractivity contribution in [3.8, 4) is 0 Å². The van der Waals surface area contributed by atoms with Crippen LogP contribution in [0.3, 0.4) is 0 Å². The highest BCUT2D eigenvalue weighted by Crippen LogP contribution is 2.26. The summed E-state index contributed by atoms with van der Waals surface area (Å²) in [6.45, 7) is 4.32. The fourth-order valence-corrected chi connectivity index (χ4v) is 0.593. The molecule has 0 amide bonds. The number of hydrogen-bond acceptors (Lipinski definition) is 1. The minimum Gasteiger partial charge on any atom is -0.265 e. The lowest BCUT2D eigenvalue weighted by atomic mass is 10.3. The van der Waals surface area contributed by atoms with Crippen molar-refractivity contribution >= 4 is 0 Å². The molecule has 0 saturated heterocycles. The van der Waals surface area contributed by atoms with Crippen LogP contribution in [0.5, 0.6) is 0 Å². The molecule has 1 aliphatic rings. The summed E-state index contributed by atoms with van der Waals surface area (Å²) in [5, 5.41) is 0. The Kier molecular flexibility index (Phi) is 3.09. The lowest BCUT2D eigenvalue weighted by molar-refractivity contribution is 0.983. The van der Waals surface area contributed by atoms with Crippen LogP contribution in [0.4, 0.5) is 0 Å². The third-order valence-electron chi connectivity index (χ3n) is 1.71. The summed E-state index contributed by atoms with van der Waals surface area (Å²) in [4.78, 5) is 3.85. The molecule has 0 radical (unpaired) electrons. The number of hydrogen-bond donors (Lipinski definition) is 0. The third-order valence-corrected chi connectivity index (χ3v) is 1.71. The van der Waals surface area contributed by atoms with Gasteiger partial charge in [0.2, 0.25) is 0 Å². The molecule has 0 spiro atoms. The van der Waals surface area contributed by atoms with E-state index in [1.807, 2.05) is 19.1 Å². The maximum Gasteiger partial charge on any atom is 0.0270 e. The minimum absolute atomic E-state index is 1.08. The van der Waals surface area contributed by atoms with Crippen molar-refractivity contribution in [2.24, 2.45) is 5.92 Å². The first kappa shape index (κ1) is 8.25. The Morgan fingerprint density at radius 1 is 1.27 bits per heavy atom. The van der Waals surface area contributed by atoms with E-state index in [0.29, 0.717) is 0 Å². The summed E-state index contributed by atoms with van der Waals surface area (Å²) in [7, 11) is 0. The Balaban J connectivity index is 0.000000128. The fourth-order valence-electron chi connectivity index (χ4n) is 0.593. The van der Waals surface area contributed by atoms with Gasteiger partial charge in [0.15, 0.2) is 0 Å². The van der Waals surface area contributed by atoms with Gasteiger partial charge in [0, 0.05) is 12.4 Å². The van der Waals surface area contributed by atoms with Crippen molar-refractivity contribution < 1.29 is 0 Å². The first-order chi connectivity index (χ1) is 5.29. The maximum absolute atomic E-state index is 3.85. The molecule has 1 aromatic heterocycles. The zero-order valence-corrected chi connectivity index (χ0v) is 7.25. The summed E-state index contributed by atoms with van der Waals surface area (Å²) >= 11 is 0. The summed E-state index contributed by atoms with van der Waals surface area (Å²) in [5.74, 6) is 1.08. The fraction of sp³-hybridized carbons (Fsp3) is 0.500. The lowest BCUT2D eigenvalue weighted by Gasteiger charge is -1.82. The van der Waals surface area contributed by atoms with Crippen LogP contribution in [0.25, 0.3) is 0 Å². The molecule has 11 heavy (non-hydrogen) atoms. The lowest BCUT2D eigenvalue weighted by Crippen LogP contribution is -1.68. The average Bonchev–Trinajstić information content (AvgIpc) is 2.75. The van der Waals surface area contributed by atoms with Crippen molar-refractivity contribution in [3.05, 3.63) is 30.1 Å². The van der Waals surface area contributed by atoms with Crippen LogP contribution in [0.1, 0.15) is 25.3 Å². The Bertz CT molecular complexity index is 189. The second-order valence-electron chi connectivity index (χ2n) is 3.21. The van der Waals surface area contributed by atoms with Gasteiger partial charge in [-0.2, -0.15) is 0 Å². The summed E-state index contributed by atoms with van der Waals surface area (Å²) in [6, 6.07) is 3.94. The number of pyridine rings is 1. The highest BCUT2D eigenvalue weighted by molar-refractivity contribution is 5.05. The quantitative estimate of drug-likeness (QED) is 0.552. The van der Waals surface area contributed by atoms with Gasteiger partial charge in [-0.25, -0.2) is 0 Å². The molecule has 0 unspecified atom stereocenters. The zero-order valence-electron chi connectivity index (χ0n) is 7.25. The Hall–Kier alpha value is -0.850. The Morgan fingerprint density at radius 2 is 1.73 bits per heavy atom. The van der Waals surface area contributed by atoms with E-state index in [-0.39, 0.29) is 0 Å². The van der Waals surface area contributed by atoms with Crippen molar-refractivity contribution in [2.75, 3.05) is 0 Å². The molecule has 1 aromatic rings. The normalized spacial score (nSPS) is 15.1. The predicted molar refractivity (Wildman–Crippen MR) is 47.4 cm³/mol. The van der Waals surface area contributed by atoms with E-state index < -0.39 is 0 Å². The van der Waals surface area contributed by atoms with Crippen LogP contribution in [-0.2, 0) is 0 Å². The Labute approximate surface area is 68.5 Å². The van der Waals surface area contributed by atoms with Crippen molar-refractivity contribution in [1.82, 2.24) is 4.98 Å². The van der Waals surface area contributed by atoms with E-state index in [2.05, 4.69) is 11.9 Å². The van der Waals surface area contributed by atoms with E-state index in [0.717, 1.165) is 5.92 Å². The van der Waals surface area contributed by atoms with Gasteiger partial charge < -0.3 is 0 Å². The molecule has 0 N–H and O–H groups in total. The van der Waals surface area contributed by atoms with Gasteiger partial charge in [-0.15, -0.1) is 0 Å². The molecule has 1 saturated carbocycles. The molecule has 2 rings (SSSR count). The molecule has 1 fully saturated rings.